The molecule has 1 aromatic heterocycles. The van der Waals surface area contributed by atoms with Gasteiger partial charge >= 0.3 is 0 Å². The molecule has 1 amide bonds. The first-order valence-corrected chi connectivity index (χ1v) is 9.08. The highest BCUT2D eigenvalue weighted by Gasteiger charge is 2.15. The zero-order chi connectivity index (χ0) is 18.3. The molecule has 0 bridgehead atoms. The molecule has 0 radical (unpaired) electrons. The van der Waals surface area contributed by atoms with E-state index in [-0.39, 0.29) is 18.1 Å². The van der Waals surface area contributed by atoms with Crippen LogP contribution >= 0.6 is 11.3 Å². The smallest absolute Gasteiger partial charge is 0.258 e. The minimum absolute atomic E-state index is 0.0476. The van der Waals surface area contributed by atoms with Gasteiger partial charge in [-0.3, -0.25) is 4.79 Å². The highest BCUT2D eigenvalue weighted by molar-refractivity contribution is 7.13. The molecular formula is C18H25N3O3S. The summed E-state index contributed by atoms with van der Waals surface area (Å²) in [5.74, 6) is 1.03. The summed E-state index contributed by atoms with van der Waals surface area (Å²) in [6, 6.07) is 5.69. The third-order valence-corrected chi connectivity index (χ3v) is 3.79. The summed E-state index contributed by atoms with van der Waals surface area (Å²) in [5, 5.41) is 8.92. The quantitative estimate of drug-likeness (QED) is 0.752. The van der Waals surface area contributed by atoms with Gasteiger partial charge in [-0.25, -0.2) is 4.98 Å². The second kappa shape index (κ2) is 8.71. The lowest BCUT2D eigenvalue weighted by Crippen LogP contribution is -2.43. The lowest BCUT2D eigenvalue weighted by molar-refractivity contribution is -0.124. The van der Waals surface area contributed by atoms with Gasteiger partial charge in [0.05, 0.1) is 6.61 Å². The maximum absolute atomic E-state index is 11.9. The first-order chi connectivity index (χ1) is 11.9. The van der Waals surface area contributed by atoms with Gasteiger partial charge < -0.3 is 20.1 Å². The number of carbonyl (C=O) groups is 1. The Morgan fingerprint density at radius 1 is 1.24 bits per heavy atom. The monoisotopic (exact) mass is 363 g/mol. The predicted octanol–water partition coefficient (Wildman–Crippen LogP) is 3.45. The molecule has 0 atom stereocenters. The summed E-state index contributed by atoms with van der Waals surface area (Å²) in [7, 11) is 0. The summed E-state index contributed by atoms with van der Waals surface area (Å²) in [6.45, 7) is 8.82. The molecule has 0 spiro atoms. The number of amides is 1. The molecular weight excluding hydrogens is 338 g/mol. The summed E-state index contributed by atoms with van der Waals surface area (Å²) in [5.41, 5.74) is 0.763. The highest BCUT2D eigenvalue weighted by atomic mass is 32.1. The molecule has 2 N–H and O–H groups in total. The van der Waals surface area contributed by atoms with Crippen molar-refractivity contribution in [1.82, 2.24) is 10.3 Å². The van der Waals surface area contributed by atoms with Crippen molar-refractivity contribution in [2.75, 3.05) is 18.5 Å². The van der Waals surface area contributed by atoms with Crippen molar-refractivity contribution in [3.05, 3.63) is 35.3 Å². The van der Waals surface area contributed by atoms with Crippen molar-refractivity contribution in [2.45, 2.75) is 39.8 Å². The molecule has 2 aromatic rings. The molecule has 0 saturated heterocycles. The number of aromatic nitrogens is 1. The van der Waals surface area contributed by atoms with Crippen LogP contribution in [0.5, 0.6) is 11.5 Å². The molecule has 136 valence electrons. The fourth-order valence-corrected chi connectivity index (χ4v) is 2.66. The van der Waals surface area contributed by atoms with Crippen LogP contribution in [0.25, 0.3) is 0 Å². The van der Waals surface area contributed by atoms with Gasteiger partial charge in [-0.05, 0) is 45.4 Å². The molecule has 0 aliphatic heterocycles. The summed E-state index contributed by atoms with van der Waals surface area (Å²) >= 11 is 1.55. The van der Waals surface area contributed by atoms with Crippen LogP contribution < -0.4 is 20.1 Å². The van der Waals surface area contributed by atoms with E-state index in [1.54, 1.807) is 17.5 Å². The molecule has 0 unspecified atom stereocenters. The molecule has 25 heavy (non-hydrogen) atoms. The Balaban J connectivity index is 1.98. The Hall–Kier alpha value is -2.28. The lowest BCUT2D eigenvalue weighted by Gasteiger charge is -2.21. The average molecular weight is 363 g/mol. The first kappa shape index (κ1) is 19.1. The van der Waals surface area contributed by atoms with Crippen molar-refractivity contribution < 1.29 is 14.3 Å². The van der Waals surface area contributed by atoms with Gasteiger partial charge in [0.15, 0.2) is 23.2 Å². The maximum atomic E-state index is 11.9. The highest BCUT2D eigenvalue weighted by Crippen LogP contribution is 2.29. The molecule has 7 heteroatoms. The van der Waals surface area contributed by atoms with Crippen LogP contribution in [0.4, 0.5) is 5.13 Å². The zero-order valence-electron chi connectivity index (χ0n) is 15.1. The number of carbonyl (C=O) groups excluding carboxylic acids is 1. The fraction of sp³-hybridized carbons (Fsp3) is 0.444. The normalized spacial score (nSPS) is 11.0. The molecule has 0 fully saturated rings. The van der Waals surface area contributed by atoms with Crippen molar-refractivity contribution in [3.8, 4) is 11.5 Å². The van der Waals surface area contributed by atoms with Gasteiger partial charge in [0, 0.05) is 23.7 Å². The number of hydrogen-bond acceptors (Lipinski definition) is 6. The van der Waals surface area contributed by atoms with E-state index in [0.717, 1.165) is 10.7 Å². The van der Waals surface area contributed by atoms with Crippen molar-refractivity contribution >= 4 is 22.4 Å². The minimum atomic E-state index is -0.283. The molecule has 0 saturated carbocycles. The zero-order valence-corrected chi connectivity index (χ0v) is 15.9. The molecule has 0 aliphatic rings. The summed E-state index contributed by atoms with van der Waals surface area (Å²) in [4.78, 5) is 16.1. The topological polar surface area (TPSA) is 72.5 Å². The van der Waals surface area contributed by atoms with Crippen LogP contribution in [0.3, 0.4) is 0 Å². The number of ether oxygens (including phenoxy) is 2. The first-order valence-electron chi connectivity index (χ1n) is 8.20. The second-order valence-corrected chi connectivity index (χ2v) is 7.39. The van der Waals surface area contributed by atoms with Crippen molar-refractivity contribution in [2.24, 2.45) is 0 Å². The van der Waals surface area contributed by atoms with Crippen LogP contribution in [0.1, 0.15) is 33.3 Å². The lowest BCUT2D eigenvalue weighted by atomic mass is 10.1. The predicted molar refractivity (Wildman–Crippen MR) is 100 cm³/mol. The van der Waals surface area contributed by atoms with E-state index < -0.39 is 0 Å². The number of nitrogens with one attached hydrogen (secondary N) is 2. The molecule has 1 aromatic carbocycles. The number of rotatable bonds is 8. The van der Waals surface area contributed by atoms with Gasteiger partial charge in [-0.1, -0.05) is 6.07 Å². The molecule has 1 heterocycles. The molecule has 6 nitrogen and oxygen atoms in total. The number of hydrogen-bond donors (Lipinski definition) is 2. The van der Waals surface area contributed by atoms with Crippen LogP contribution in [0.2, 0.25) is 0 Å². The third kappa shape index (κ3) is 6.62. The van der Waals surface area contributed by atoms with E-state index in [2.05, 4.69) is 15.6 Å². The minimum Gasteiger partial charge on any atom is -0.490 e. The van der Waals surface area contributed by atoms with E-state index in [1.807, 2.05) is 51.3 Å². The molecule has 2 rings (SSSR count). The Bertz CT molecular complexity index is 681. The van der Waals surface area contributed by atoms with E-state index in [4.69, 9.17) is 9.47 Å². The van der Waals surface area contributed by atoms with Crippen LogP contribution in [0, 0.1) is 0 Å². The number of benzene rings is 1. The van der Waals surface area contributed by atoms with Gasteiger partial charge in [0.1, 0.15) is 0 Å². The summed E-state index contributed by atoms with van der Waals surface area (Å²) < 4.78 is 11.3. The maximum Gasteiger partial charge on any atom is 0.258 e. The van der Waals surface area contributed by atoms with Crippen LogP contribution in [-0.4, -0.2) is 29.6 Å². The van der Waals surface area contributed by atoms with Gasteiger partial charge in [-0.15, -0.1) is 11.3 Å². The third-order valence-electron chi connectivity index (χ3n) is 3.06. The van der Waals surface area contributed by atoms with Gasteiger partial charge in [0.25, 0.3) is 5.91 Å². The van der Waals surface area contributed by atoms with Crippen molar-refractivity contribution in [1.29, 1.82) is 0 Å². The summed E-state index contributed by atoms with van der Waals surface area (Å²) in [6.07, 6.45) is 1.76. The average Bonchev–Trinajstić information content (AvgIpc) is 3.04. The van der Waals surface area contributed by atoms with Crippen molar-refractivity contribution in [3.63, 3.8) is 0 Å². The van der Waals surface area contributed by atoms with Crippen LogP contribution in [-0.2, 0) is 11.3 Å². The number of nitrogens with zero attached hydrogens (tertiary/aromatic N) is 1. The Kier molecular flexibility index (Phi) is 6.64. The Labute approximate surface area is 152 Å². The molecule has 0 aliphatic carbocycles. The Morgan fingerprint density at radius 3 is 2.68 bits per heavy atom. The van der Waals surface area contributed by atoms with Gasteiger partial charge in [-0.2, -0.15) is 0 Å². The standard InChI is InChI=1S/C18H25N3O3S/c1-5-23-15-10-13(11-20-17-19-8-9-25-17)6-7-14(15)24-12-16(22)21-18(2,3)4/h6-10H,5,11-12H2,1-4H3,(H,19,20)(H,21,22). The number of anilines is 1. The van der Waals surface area contributed by atoms with E-state index in [1.165, 1.54) is 0 Å². The Morgan fingerprint density at radius 2 is 2.04 bits per heavy atom. The number of thiazole rings is 1. The fourth-order valence-electron chi connectivity index (χ4n) is 2.14. The van der Waals surface area contributed by atoms with Gasteiger partial charge in [0.2, 0.25) is 0 Å². The largest absolute Gasteiger partial charge is 0.490 e. The SMILES string of the molecule is CCOc1cc(CNc2nccs2)ccc1OCC(=O)NC(C)(C)C. The van der Waals surface area contributed by atoms with E-state index in [0.29, 0.717) is 24.7 Å². The second-order valence-electron chi connectivity index (χ2n) is 6.49. The van der Waals surface area contributed by atoms with Crippen LogP contribution in [0.15, 0.2) is 29.8 Å². The van der Waals surface area contributed by atoms with E-state index >= 15 is 0 Å². The van der Waals surface area contributed by atoms with E-state index in [9.17, 15) is 4.79 Å².